The molecule has 0 spiro atoms. The van der Waals surface area contributed by atoms with E-state index in [9.17, 15) is 4.79 Å². The quantitative estimate of drug-likeness (QED) is 0.837. The summed E-state index contributed by atoms with van der Waals surface area (Å²) in [6.07, 6.45) is 2.91. The Hall–Kier alpha value is -1.49. The fourth-order valence-electron chi connectivity index (χ4n) is 2.72. The largest absolute Gasteiger partial charge is 0.444 e. The Morgan fingerprint density at radius 1 is 1.43 bits per heavy atom. The number of aryl methyl sites for hydroxylation is 1. The summed E-state index contributed by atoms with van der Waals surface area (Å²) in [6.45, 7) is 9.03. The molecule has 1 atom stereocenters. The lowest BCUT2D eigenvalue weighted by atomic mass is 10.0. The van der Waals surface area contributed by atoms with E-state index in [1.807, 2.05) is 38.7 Å². The van der Waals surface area contributed by atoms with Crippen molar-refractivity contribution < 1.29 is 9.53 Å². The summed E-state index contributed by atoms with van der Waals surface area (Å²) < 4.78 is 5.53. The van der Waals surface area contributed by atoms with Crippen LogP contribution in [0.1, 0.15) is 45.7 Å². The van der Waals surface area contributed by atoms with Crippen LogP contribution in [0.5, 0.6) is 0 Å². The summed E-state index contributed by atoms with van der Waals surface area (Å²) in [6, 6.07) is 3.82. The van der Waals surface area contributed by atoms with Crippen LogP contribution >= 0.6 is 11.6 Å². The van der Waals surface area contributed by atoms with Gasteiger partial charge in [0.25, 0.3) is 0 Å². The van der Waals surface area contributed by atoms with Crippen molar-refractivity contribution in [3.63, 3.8) is 0 Å². The first-order valence-electron chi connectivity index (χ1n) is 8.13. The third-order valence-electron chi connectivity index (χ3n) is 3.84. The van der Waals surface area contributed by atoms with E-state index in [0.717, 1.165) is 37.2 Å². The van der Waals surface area contributed by atoms with E-state index in [1.165, 1.54) is 0 Å². The Kier molecular flexibility index (Phi) is 5.74. The summed E-state index contributed by atoms with van der Waals surface area (Å²) in [5, 5.41) is 3.87. The highest BCUT2D eigenvalue weighted by molar-refractivity contribution is 6.29. The minimum absolute atomic E-state index is 0.133. The number of carbonyl (C=O) groups excluding carboxylic acids is 1. The molecule has 1 fully saturated rings. The van der Waals surface area contributed by atoms with Crippen LogP contribution in [0, 0.1) is 6.92 Å². The van der Waals surface area contributed by atoms with Gasteiger partial charge in [0, 0.05) is 13.1 Å². The molecule has 128 valence electrons. The van der Waals surface area contributed by atoms with Crippen molar-refractivity contribution in [3.8, 4) is 0 Å². The van der Waals surface area contributed by atoms with E-state index in [0.29, 0.717) is 11.7 Å². The van der Waals surface area contributed by atoms with Gasteiger partial charge in [-0.1, -0.05) is 11.6 Å². The van der Waals surface area contributed by atoms with Gasteiger partial charge in [-0.15, -0.1) is 0 Å². The number of piperidine rings is 1. The number of hydrogen-bond acceptors (Lipinski definition) is 4. The van der Waals surface area contributed by atoms with Gasteiger partial charge in [-0.05, 0) is 59.1 Å². The minimum Gasteiger partial charge on any atom is -0.444 e. The van der Waals surface area contributed by atoms with E-state index < -0.39 is 5.60 Å². The molecule has 1 amide bonds. The molecule has 1 aliphatic heterocycles. The number of pyridine rings is 1. The standard InChI is InChI=1S/C17H26ClN3O2/c1-12-14(8-9-15(18)20-12)19-11-13-7-5-6-10-21(13)16(22)23-17(2,3)4/h8-9,13,19H,5-7,10-11H2,1-4H3. The molecule has 6 heteroatoms. The Balaban J connectivity index is 1.99. The van der Waals surface area contributed by atoms with Crippen LogP contribution in [0.2, 0.25) is 5.15 Å². The number of likely N-dealkylation sites (tertiary alicyclic amines) is 1. The summed E-state index contributed by atoms with van der Waals surface area (Å²) >= 11 is 5.88. The van der Waals surface area contributed by atoms with E-state index >= 15 is 0 Å². The SMILES string of the molecule is Cc1nc(Cl)ccc1NCC1CCCCN1C(=O)OC(C)(C)C. The van der Waals surface area contributed by atoms with Crippen LogP contribution in [-0.2, 0) is 4.74 Å². The first-order valence-corrected chi connectivity index (χ1v) is 8.51. The van der Waals surface area contributed by atoms with Gasteiger partial charge < -0.3 is 15.0 Å². The Morgan fingerprint density at radius 2 is 2.17 bits per heavy atom. The molecule has 1 N–H and O–H groups in total. The molecule has 1 aliphatic rings. The van der Waals surface area contributed by atoms with Crippen molar-refractivity contribution in [3.05, 3.63) is 23.0 Å². The Labute approximate surface area is 143 Å². The van der Waals surface area contributed by atoms with Crippen LogP contribution in [0.4, 0.5) is 10.5 Å². The highest BCUT2D eigenvalue weighted by atomic mass is 35.5. The molecule has 23 heavy (non-hydrogen) atoms. The second kappa shape index (κ2) is 7.39. The van der Waals surface area contributed by atoms with Gasteiger partial charge in [0.15, 0.2) is 0 Å². The number of carbonyl (C=O) groups is 1. The smallest absolute Gasteiger partial charge is 0.410 e. The molecule has 0 aliphatic carbocycles. The van der Waals surface area contributed by atoms with Crippen LogP contribution in [0.25, 0.3) is 0 Å². The van der Waals surface area contributed by atoms with E-state index in [4.69, 9.17) is 16.3 Å². The Bertz CT molecular complexity index is 557. The van der Waals surface area contributed by atoms with Crippen molar-refractivity contribution >= 4 is 23.4 Å². The van der Waals surface area contributed by atoms with Gasteiger partial charge in [-0.25, -0.2) is 9.78 Å². The maximum Gasteiger partial charge on any atom is 0.410 e. The predicted octanol–water partition coefficient (Wildman–Crippen LogP) is 4.24. The fourth-order valence-corrected chi connectivity index (χ4v) is 2.91. The average Bonchev–Trinajstić information content (AvgIpc) is 2.45. The zero-order chi connectivity index (χ0) is 17.0. The van der Waals surface area contributed by atoms with E-state index in [1.54, 1.807) is 6.07 Å². The third-order valence-corrected chi connectivity index (χ3v) is 4.05. The molecule has 5 nitrogen and oxygen atoms in total. The average molecular weight is 340 g/mol. The second-order valence-corrected chi connectivity index (χ2v) is 7.36. The lowest BCUT2D eigenvalue weighted by molar-refractivity contribution is 0.0114. The molecule has 1 aromatic heterocycles. The van der Waals surface area contributed by atoms with Gasteiger partial charge in [0.1, 0.15) is 10.8 Å². The maximum atomic E-state index is 12.4. The molecular weight excluding hydrogens is 314 g/mol. The summed E-state index contributed by atoms with van der Waals surface area (Å²) in [5.41, 5.74) is 1.34. The molecule has 0 bridgehead atoms. The number of nitrogens with zero attached hydrogens (tertiary/aromatic N) is 2. The number of amides is 1. The van der Waals surface area contributed by atoms with Gasteiger partial charge in [-0.3, -0.25) is 0 Å². The molecule has 1 aromatic rings. The van der Waals surface area contributed by atoms with Crippen LogP contribution in [0.3, 0.4) is 0 Å². The van der Waals surface area contributed by atoms with Gasteiger partial charge >= 0.3 is 6.09 Å². The molecule has 2 heterocycles. The predicted molar refractivity (Wildman–Crippen MR) is 93.1 cm³/mol. The molecule has 0 aromatic carbocycles. The lowest BCUT2D eigenvalue weighted by Gasteiger charge is -2.37. The molecule has 1 saturated heterocycles. The third kappa shape index (κ3) is 5.27. The highest BCUT2D eigenvalue weighted by Crippen LogP contribution is 2.22. The van der Waals surface area contributed by atoms with E-state index in [-0.39, 0.29) is 12.1 Å². The highest BCUT2D eigenvalue weighted by Gasteiger charge is 2.30. The van der Waals surface area contributed by atoms with Crippen molar-refractivity contribution in [2.24, 2.45) is 0 Å². The number of hydrogen-bond donors (Lipinski definition) is 1. The monoisotopic (exact) mass is 339 g/mol. The van der Waals surface area contributed by atoms with Crippen LogP contribution in [0.15, 0.2) is 12.1 Å². The first kappa shape index (κ1) is 17.9. The number of anilines is 1. The number of rotatable bonds is 3. The summed E-state index contributed by atoms with van der Waals surface area (Å²) in [5.74, 6) is 0. The summed E-state index contributed by atoms with van der Waals surface area (Å²) in [7, 11) is 0. The molecule has 1 unspecified atom stereocenters. The normalized spacial score (nSPS) is 18.7. The van der Waals surface area contributed by atoms with Crippen molar-refractivity contribution in [2.45, 2.75) is 58.6 Å². The van der Waals surface area contributed by atoms with E-state index in [2.05, 4.69) is 10.3 Å². The number of ether oxygens (including phenoxy) is 1. The number of halogens is 1. The summed E-state index contributed by atoms with van der Waals surface area (Å²) in [4.78, 5) is 18.5. The van der Waals surface area contributed by atoms with Crippen LogP contribution in [-0.4, -0.2) is 40.7 Å². The molecule has 0 radical (unpaired) electrons. The van der Waals surface area contributed by atoms with Crippen molar-refractivity contribution in [2.75, 3.05) is 18.4 Å². The zero-order valence-electron chi connectivity index (χ0n) is 14.4. The van der Waals surface area contributed by atoms with Gasteiger partial charge in [0.05, 0.1) is 17.4 Å². The van der Waals surface area contributed by atoms with Crippen molar-refractivity contribution in [1.29, 1.82) is 0 Å². The fraction of sp³-hybridized carbons (Fsp3) is 0.647. The maximum absolute atomic E-state index is 12.4. The van der Waals surface area contributed by atoms with Gasteiger partial charge in [-0.2, -0.15) is 0 Å². The molecule has 0 saturated carbocycles. The molecule has 2 rings (SSSR count). The number of nitrogens with one attached hydrogen (secondary N) is 1. The molecular formula is C17H26ClN3O2. The minimum atomic E-state index is -0.469. The second-order valence-electron chi connectivity index (χ2n) is 6.97. The lowest BCUT2D eigenvalue weighted by Crippen LogP contribution is -2.48. The number of aromatic nitrogens is 1. The zero-order valence-corrected chi connectivity index (χ0v) is 15.1. The Morgan fingerprint density at radius 3 is 2.83 bits per heavy atom. The first-order chi connectivity index (χ1) is 10.8. The van der Waals surface area contributed by atoms with Crippen LogP contribution < -0.4 is 5.32 Å². The topological polar surface area (TPSA) is 54.5 Å². The van der Waals surface area contributed by atoms with Gasteiger partial charge in [0.2, 0.25) is 0 Å². The van der Waals surface area contributed by atoms with Crippen molar-refractivity contribution in [1.82, 2.24) is 9.88 Å².